The lowest BCUT2D eigenvalue weighted by atomic mass is 10.1. The number of benzene rings is 1. The minimum Gasteiger partial charge on any atom is -0.477 e. The molecule has 7 nitrogen and oxygen atoms in total. The molecule has 1 aromatic heterocycles. The van der Waals surface area contributed by atoms with Gasteiger partial charge in [0.25, 0.3) is 10.0 Å². The third kappa shape index (κ3) is 3.18. The summed E-state index contributed by atoms with van der Waals surface area (Å²) in [6, 6.07) is 7.71. The fourth-order valence-corrected chi connectivity index (χ4v) is 4.43. The van der Waals surface area contributed by atoms with E-state index in [2.05, 4.69) is 25.8 Å². The van der Waals surface area contributed by atoms with Crippen molar-refractivity contribution in [1.82, 2.24) is 14.5 Å². The molecule has 1 aliphatic carbocycles. The molecule has 1 aliphatic heterocycles. The molecule has 9 heteroatoms. The summed E-state index contributed by atoms with van der Waals surface area (Å²) in [5.41, 5.74) is 1.03. The van der Waals surface area contributed by atoms with Gasteiger partial charge in [-0.25, -0.2) is 17.8 Å². The van der Waals surface area contributed by atoms with Gasteiger partial charge in [-0.3, -0.25) is 4.79 Å². The Balaban J connectivity index is 1.47. The van der Waals surface area contributed by atoms with Crippen LogP contribution in [0.5, 0.6) is 5.88 Å². The number of aromatic nitrogens is 2. The van der Waals surface area contributed by atoms with Crippen molar-refractivity contribution in [2.75, 3.05) is 6.61 Å². The van der Waals surface area contributed by atoms with Gasteiger partial charge in [-0.1, -0.05) is 28.1 Å². The number of rotatable bonds is 4. The van der Waals surface area contributed by atoms with E-state index in [0.29, 0.717) is 19.6 Å². The van der Waals surface area contributed by atoms with E-state index in [-0.39, 0.29) is 22.6 Å². The minimum absolute atomic E-state index is 0.0561. The average molecular weight is 426 g/mol. The van der Waals surface area contributed by atoms with Crippen LogP contribution < -0.4 is 9.46 Å². The van der Waals surface area contributed by atoms with Gasteiger partial charge in [0.15, 0.2) is 4.90 Å². The Morgan fingerprint density at radius 1 is 1.32 bits per heavy atom. The molecule has 132 valence electrons. The first-order valence-corrected chi connectivity index (χ1v) is 10.2. The number of aryl methyl sites for hydroxylation is 1. The smallest absolute Gasteiger partial charge is 0.271 e. The predicted molar refractivity (Wildman–Crippen MR) is 92.7 cm³/mol. The zero-order valence-electron chi connectivity index (χ0n) is 13.2. The topological polar surface area (TPSA) is 90.3 Å². The molecule has 0 unspecified atom stereocenters. The molecule has 0 saturated heterocycles. The van der Waals surface area contributed by atoms with E-state index >= 15 is 0 Å². The molecule has 1 amide bonds. The summed E-state index contributed by atoms with van der Waals surface area (Å²) >= 11 is 3.37. The van der Waals surface area contributed by atoms with Crippen molar-refractivity contribution < 1.29 is 17.9 Å². The predicted octanol–water partition coefficient (Wildman–Crippen LogP) is 2.04. The van der Waals surface area contributed by atoms with Crippen molar-refractivity contribution >= 4 is 31.9 Å². The molecular weight excluding hydrogens is 410 g/mol. The van der Waals surface area contributed by atoms with Gasteiger partial charge in [0.1, 0.15) is 0 Å². The van der Waals surface area contributed by atoms with Crippen LogP contribution in [0, 0.1) is 5.92 Å². The summed E-state index contributed by atoms with van der Waals surface area (Å²) in [6.45, 7) is 1.05. The fourth-order valence-electron chi connectivity index (χ4n) is 3.06. The first kappa shape index (κ1) is 16.6. The summed E-state index contributed by atoms with van der Waals surface area (Å²) < 4.78 is 35.1. The van der Waals surface area contributed by atoms with Crippen LogP contribution in [0.2, 0.25) is 0 Å². The van der Waals surface area contributed by atoms with Crippen molar-refractivity contribution in [2.45, 2.75) is 30.2 Å². The summed E-state index contributed by atoms with van der Waals surface area (Å²) in [4.78, 5) is 12.3. The van der Waals surface area contributed by atoms with Crippen molar-refractivity contribution in [3.8, 4) is 5.88 Å². The first-order valence-electron chi connectivity index (χ1n) is 7.96. The maximum Gasteiger partial charge on any atom is 0.271 e. The fraction of sp³-hybridized carbons (Fsp3) is 0.375. The maximum absolute atomic E-state index is 12.5. The molecule has 4 rings (SSSR count). The molecule has 2 heterocycles. The van der Waals surface area contributed by atoms with Crippen LogP contribution in [0.4, 0.5) is 0 Å². The van der Waals surface area contributed by atoms with E-state index in [1.54, 1.807) is 0 Å². The number of carbonyl (C=O) groups is 1. The number of amides is 1. The highest BCUT2D eigenvalue weighted by atomic mass is 79.9. The van der Waals surface area contributed by atoms with Gasteiger partial charge in [-0.15, -0.1) is 0 Å². The van der Waals surface area contributed by atoms with E-state index in [0.717, 1.165) is 16.5 Å². The molecule has 0 spiro atoms. The second-order valence-electron chi connectivity index (χ2n) is 6.21. The quantitative estimate of drug-likeness (QED) is 0.808. The monoisotopic (exact) mass is 425 g/mol. The number of carbonyl (C=O) groups excluding carboxylic acids is 1. The Labute approximate surface area is 153 Å². The largest absolute Gasteiger partial charge is 0.477 e. The Morgan fingerprint density at radius 2 is 2.08 bits per heavy atom. The number of fused-ring (bicyclic) bond motifs is 1. The third-order valence-corrected chi connectivity index (χ3v) is 6.32. The third-order valence-electron chi connectivity index (χ3n) is 4.46. The van der Waals surface area contributed by atoms with Crippen molar-refractivity contribution in [3.63, 3.8) is 0 Å². The standard InChI is InChI=1S/C16H16BrN3O4S/c17-11-4-2-10(3-5-11)12-8-13(12)15(21)19-25(22,23)14-9-18-20-6-1-7-24-16(14)20/h2-5,9,12-13H,1,6-8H2,(H,19,21)/t12-,13+/m0/s1. The number of nitrogens with one attached hydrogen (secondary N) is 1. The van der Waals surface area contributed by atoms with Crippen LogP contribution in [-0.2, 0) is 21.4 Å². The zero-order chi connectivity index (χ0) is 17.6. The molecular formula is C16H16BrN3O4S. The van der Waals surface area contributed by atoms with Crippen molar-refractivity contribution in [3.05, 3.63) is 40.5 Å². The van der Waals surface area contributed by atoms with E-state index in [9.17, 15) is 13.2 Å². The van der Waals surface area contributed by atoms with Crippen LogP contribution in [0.25, 0.3) is 0 Å². The van der Waals surface area contributed by atoms with Crippen LogP contribution in [0.1, 0.15) is 24.3 Å². The number of hydrogen-bond acceptors (Lipinski definition) is 5. The lowest BCUT2D eigenvalue weighted by Crippen LogP contribution is -2.32. The van der Waals surface area contributed by atoms with E-state index in [1.165, 1.54) is 10.9 Å². The van der Waals surface area contributed by atoms with Crippen molar-refractivity contribution in [1.29, 1.82) is 0 Å². The van der Waals surface area contributed by atoms with Gasteiger partial charge in [0, 0.05) is 23.4 Å². The summed E-state index contributed by atoms with van der Waals surface area (Å²) in [5, 5.41) is 4.02. The van der Waals surface area contributed by atoms with E-state index in [4.69, 9.17) is 4.74 Å². The summed E-state index contributed by atoms with van der Waals surface area (Å²) in [7, 11) is -3.99. The number of sulfonamides is 1. The molecule has 2 aromatic rings. The van der Waals surface area contributed by atoms with Crippen molar-refractivity contribution in [2.24, 2.45) is 5.92 Å². The Morgan fingerprint density at radius 3 is 2.84 bits per heavy atom. The number of ether oxygens (including phenoxy) is 1. The maximum atomic E-state index is 12.5. The Bertz CT molecular complexity index is 923. The highest BCUT2D eigenvalue weighted by Gasteiger charge is 2.45. The molecule has 1 fully saturated rings. The second kappa shape index (κ2) is 6.14. The summed E-state index contributed by atoms with van der Waals surface area (Å²) in [5.74, 6) is -0.556. The molecule has 25 heavy (non-hydrogen) atoms. The van der Waals surface area contributed by atoms with Crippen LogP contribution in [-0.4, -0.2) is 30.7 Å². The second-order valence-corrected chi connectivity index (χ2v) is 8.78. The highest BCUT2D eigenvalue weighted by Crippen LogP contribution is 2.48. The first-order chi connectivity index (χ1) is 12.0. The average Bonchev–Trinajstić information content (AvgIpc) is 3.26. The van der Waals surface area contributed by atoms with E-state index in [1.807, 2.05) is 24.3 Å². The molecule has 2 atom stereocenters. The number of halogens is 1. The number of nitrogens with zero attached hydrogens (tertiary/aromatic N) is 2. The van der Waals surface area contributed by atoms with Gasteiger partial charge < -0.3 is 4.74 Å². The van der Waals surface area contributed by atoms with Crippen LogP contribution in [0.15, 0.2) is 39.8 Å². The van der Waals surface area contributed by atoms with Crippen LogP contribution in [0.3, 0.4) is 0 Å². The summed E-state index contributed by atoms with van der Waals surface area (Å²) in [6.07, 6.45) is 2.65. The Kier molecular flexibility index (Phi) is 4.07. The molecule has 0 bridgehead atoms. The lowest BCUT2D eigenvalue weighted by molar-refractivity contribution is -0.120. The molecule has 2 aliphatic rings. The van der Waals surface area contributed by atoms with E-state index < -0.39 is 15.9 Å². The van der Waals surface area contributed by atoms with Crippen LogP contribution >= 0.6 is 15.9 Å². The van der Waals surface area contributed by atoms with Gasteiger partial charge in [0.2, 0.25) is 11.8 Å². The highest BCUT2D eigenvalue weighted by molar-refractivity contribution is 9.10. The van der Waals surface area contributed by atoms with Gasteiger partial charge in [0.05, 0.1) is 12.8 Å². The molecule has 0 radical (unpaired) electrons. The molecule has 1 saturated carbocycles. The normalized spacial score (nSPS) is 22.0. The number of hydrogen-bond donors (Lipinski definition) is 1. The minimum atomic E-state index is -3.99. The van der Waals surface area contributed by atoms with Gasteiger partial charge in [-0.05, 0) is 30.0 Å². The van der Waals surface area contributed by atoms with Gasteiger partial charge >= 0.3 is 0 Å². The lowest BCUT2D eigenvalue weighted by Gasteiger charge is -2.16. The SMILES string of the molecule is O=C(NS(=O)(=O)c1cnn2c1OCCC2)[C@@H]1C[C@H]1c1ccc(Br)cc1. The zero-order valence-corrected chi connectivity index (χ0v) is 15.6. The van der Waals surface area contributed by atoms with Gasteiger partial charge in [-0.2, -0.15) is 5.10 Å². The molecule has 1 N–H and O–H groups in total. The molecule has 1 aromatic carbocycles. The Hall–Kier alpha value is -1.87.